The lowest BCUT2D eigenvalue weighted by atomic mass is 10.1. The van der Waals surface area contributed by atoms with Crippen LogP contribution in [-0.2, 0) is 16.0 Å². The second kappa shape index (κ2) is 9.83. The van der Waals surface area contributed by atoms with Crippen LogP contribution >= 0.6 is 0 Å². The highest BCUT2D eigenvalue weighted by Gasteiger charge is 2.18. The van der Waals surface area contributed by atoms with Crippen molar-refractivity contribution < 1.29 is 14.0 Å². The third-order valence-corrected chi connectivity index (χ3v) is 4.53. The fraction of sp³-hybridized carbons (Fsp3) is 0.333. The molecule has 0 heterocycles. The highest BCUT2D eigenvalue weighted by molar-refractivity contribution is 5.95. The van der Waals surface area contributed by atoms with Crippen LogP contribution in [0.25, 0.3) is 0 Å². The Balaban J connectivity index is 1.83. The number of carbonyl (C=O) groups is 2. The standard InChI is InChI=1S/C21H26FN3O2/c1-4-16-9-5-8-12-19(16)24-20(26)13-23-21(27)14-25(3)15(2)17-10-6-7-11-18(17)22/h5-12,15H,4,13-14H2,1-3H3,(H,23,27)(H,24,26). The number of anilines is 1. The number of halogens is 1. The molecule has 2 aromatic rings. The lowest BCUT2D eigenvalue weighted by Gasteiger charge is -2.24. The van der Waals surface area contributed by atoms with Crippen molar-refractivity contribution in [1.82, 2.24) is 10.2 Å². The summed E-state index contributed by atoms with van der Waals surface area (Å²) in [6.45, 7) is 3.80. The van der Waals surface area contributed by atoms with Crippen molar-refractivity contribution in [1.29, 1.82) is 0 Å². The van der Waals surface area contributed by atoms with E-state index in [2.05, 4.69) is 10.6 Å². The second-order valence-corrected chi connectivity index (χ2v) is 6.45. The average Bonchev–Trinajstić information content (AvgIpc) is 2.66. The molecule has 2 amide bonds. The highest BCUT2D eigenvalue weighted by atomic mass is 19.1. The van der Waals surface area contributed by atoms with Gasteiger partial charge in [-0.3, -0.25) is 14.5 Å². The van der Waals surface area contributed by atoms with Crippen LogP contribution < -0.4 is 10.6 Å². The molecule has 0 bridgehead atoms. The van der Waals surface area contributed by atoms with E-state index >= 15 is 0 Å². The minimum absolute atomic E-state index is 0.0638. The minimum atomic E-state index is -0.300. The van der Waals surface area contributed by atoms with E-state index in [1.165, 1.54) is 6.07 Å². The normalized spacial score (nSPS) is 11.9. The second-order valence-electron chi connectivity index (χ2n) is 6.45. The number of hydrogen-bond donors (Lipinski definition) is 2. The van der Waals surface area contributed by atoms with E-state index < -0.39 is 0 Å². The molecular formula is C21H26FN3O2. The maximum absolute atomic E-state index is 13.9. The maximum Gasteiger partial charge on any atom is 0.243 e. The van der Waals surface area contributed by atoms with Gasteiger partial charge in [0.05, 0.1) is 13.1 Å². The number of nitrogens with zero attached hydrogens (tertiary/aromatic N) is 1. The van der Waals surface area contributed by atoms with E-state index in [0.29, 0.717) is 5.56 Å². The Hall–Kier alpha value is -2.73. The number of amides is 2. The zero-order valence-corrected chi connectivity index (χ0v) is 16.0. The smallest absolute Gasteiger partial charge is 0.243 e. The van der Waals surface area contributed by atoms with Crippen LogP contribution in [-0.4, -0.2) is 36.9 Å². The van der Waals surface area contributed by atoms with Gasteiger partial charge in [-0.25, -0.2) is 4.39 Å². The van der Waals surface area contributed by atoms with E-state index in [9.17, 15) is 14.0 Å². The summed E-state index contributed by atoms with van der Waals surface area (Å²) in [5, 5.41) is 5.41. The maximum atomic E-state index is 13.9. The van der Waals surface area contributed by atoms with Gasteiger partial charge in [0.1, 0.15) is 5.82 Å². The number of likely N-dealkylation sites (N-methyl/N-ethyl adjacent to an activating group) is 1. The van der Waals surface area contributed by atoms with Crippen LogP contribution in [0.1, 0.15) is 31.0 Å². The molecule has 0 saturated carbocycles. The molecule has 6 heteroatoms. The topological polar surface area (TPSA) is 61.4 Å². The van der Waals surface area contributed by atoms with Crippen LogP contribution in [0.5, 0.6) is 0 Å². The summed E-state index contributed by atoms with van der Waals surface area (Å²) in [4.78, 5) is 25.9. The van der Waals surface area contributed by atoms with Crippen LogP contribution in [0.15, 0.2) is 48.5 Å². The number of carbonyl (C=O) groups excluding carboxylic acids is 2. The Bertz CT molecular complexity index is 795. The van der Waals surface area contributed by atoms with Gasteiger partial charge in [-0.15, -0.1) is 0 Å². The molecule has 0 aliphatic heterocycles. The molecule has 0 radical (unpaired) electrons. The van der Waals surface area contributed by atoms with E-state index in [4.69, 9.17) is 0 Å². The molecule has 5 nitrogen and oxygen atoms in total. The summed E-state index contributed by atoms with van der Waals surface area (Å²) in [6, 6.07) is 13.8. The molecule has 2 rings (SSSR count). The molecule has 144 valence electrons. The number of aryl methyl sites for hydroxylation is 1. The van der Waals surface area contributed by atoms with E-state index in [1.54, 1.807) is 30.1 Å². The monoisotopic (exact) mass is 371 g/mol. The summed E-state index contributed by atoms with van der Waals surface area (Å²) in [5.74, 6) is -0.875. The number of benzene rings is 2. The van der Waals surface area contributed by atoms with Gasteiger partial charge in [-0.1, -0.05) is 43.3 Å². The number of hydrogen-bond acceptors (Lipinski definition) is 3. The summed E-state index contributed by atoms with van der Waals surface area (Å²) in [7, 11) is 1.74. The highest BCUT2D eigenvalue weighted by Crippen LogP contribution is 2.21. The van der Waals surface area contributed by atoms with Gasteiger partial charge in [0.15, 0.2) is 0 Å². The van der Waals surface area contributed by atoms with Crippen molar-refractivity contribution in [3.8, 4) is 0 Å². The molecule has 1 unspecified atom stereocenters. The molecule has 0 aliphatic carbocycles. The third-order valence-electron chi connectivity index (χ3n) is 4.53. The fourth-order valence-corrected chi connectivity index (χ4v) is 2.79. The third kappa shape index (κ3) is 5.89. The first-order valence-electron chi connectivity index (χ1n) is 9.01. The van der Waals surface area contributed by atoms with Crippen molar-refractivity contribution in [3.05, 3.63) is 65.5 Å². The lowest BCUT2D eigenvalue weighted by Crippen LogP contribution is -2.40. The van der Waals surface area contributed by atoms with E-state index in [-0.39, 0.29) is 36.8 Å². The quantitative estimate of drug-likeness (QED) is 0.749. The summed E-state index contributed by atoms with van der Waals surface area (Å²) in [5.41, 5.74) is 2.32. The van der Waals surface area contributed by atoms with Gasteiger partial charge >= 0.3 is 0 Å². The molecule has 0 spiro atoms. The summed E-state index contributed by atoms with van der Waals surface area (Å²) >= 11 is 0. The van der Waals surface area contributed by atoms with Gasteiger partial charge in [-0.05, 0) is 38.1 Å². The first kappa shape index (κ1) is 20.6. The number of para-hydroxylation sites is 1. The molecule has 2 N–H and O–H groups in total. The van der Waals surface area contributed by atoms with E-state index in [1.807, 2.05) is 38.1 Å². The van der Waals surface area contributed by atoms with Crippen molar-refractivity contribution in [2.75, 3.05) is 25.5 Å². The largest absolute Gasteiger partial charge is 0.346 e. The Labute approximate surface area is 159 Å². The first-order chi connectivity index (χ1) is 12.9. The van der Waals surface area contributed by atoms with Crippen molar-refractivity contribution >= 4 is 17.5 Å². The zero-order chi connectivity index (χ0) is 19.8. The Kier molecular flexibility index (Phi) is 7.49. The Morgan fingerprint density at radius 1 is 1.07 bits per heavy atom. The fourth-order valence-electron chi connectivity index (χ4n) is 2.79. The SMILES string of the molecule is CCc1ccccc1NC(=O)CNC(=O)CN(C)C(C)c1ccccc1F. The van der Waals surface area contributed by atoms with Crippen molar-refractivity contribution in [2.45, 2.75) is 26.3 Å². The van der Waals surface area contributed by atoms with Gasteiger partial charge in [-0.2, -0.15) is 0 Å². The minimum Gasteiger partial charge on any atom is -0.346 e. The first-order valence-corrected chi connectivity index (χ1v) is 9.01. The van der Waals surface area contributed by atoms with Crippen LogP contribution in [0.4, 0.5) is 10.1 Å². The number of rotatable bonds is 8. The molecule has 0 saturated heterocycles. The predicted octanol–water partition coefficient (Wildman–Crippen LogP) is 3.14. The summed E-state index contributed by atoms with van der Waals surface area (Å²) < 4.78 is 13.9. The van der Waals surface area contributed by atoms with Crippen LogP contribution in [0.2, 0.25) is 0 Å². The van der Waals surface area contributed by atoms with Crippen LogP contribution in [0.3, 0.4) is 0 Å². The molecule has 0 aliphatic rings. The Morgan fingerprint density at radius 2 is 1.74 bits per heavy atom. The van der Waals surface area contributed by atoms with E-state index in [0.717, 1.165) is 17.7 Å². The van der Waals surface area contributed by atoms with Crippen molar-refractivity contribution in [3.63, 3.8) is 0 Å². The molecule has 0 aromatic heterocycles. The van der Waals surface area contributed by atoms with Gasteiger partial charge in [0.2, 0.25) is 11.8 Å². The van der Waals surface area contributed by atoms with Gasteiger partial charge in [0, 0.05) is 17.3 Å². The number of nitrogens with one attached hydrogen (secondary N) is 2. The van der Waals surface area contributed by atoms with Crippen LogP contribution in [0, 0.1) is 5.82 Å². The summed E-state index contributed by atoms with van der Waals surface area (Å²) in [6.07, 6.45) is 0.807. The Morgan fingerprint density at radius 3 is 2.44 bits per heavy atom. The molecule has 2 aromatic carbocycles. The predicted molar refractivity (Wildman–Crippen MR) is 105 cm³/mol. The molecular weight excluding hydrogens is 345 g/mol. The molecule has 0 fully saturated rings. The van der Waals surface area contributed by atoms with Crippen molar-refractivity contribution in [2.24, 2.45) is 0 Å². The lowest BCUT2D eigenvalue weighted by molar-refractivity contribution is -0.125. The average molecular weight is 371 g/mol. The van der Waals surface area contributed by atoms with Gasteiger partial charge in [0.25, 0.3) is 0 Å². The molecule has 27 heavy (non-hydrogen) atoms. The zero-order valence-electron chi connectivity index (χ0n) is 16.0. The van der Waals surface area contributed by atoms with Gasteiger partial charge < -0.3 is 10.6 Å². The molecule has 1 atom stereocenters.